The third kappa shape index (κ3) is 1.80. The van der Waals surface area contributed by atoms with Gasteiger partial charge in [-0.15, -0.1) is 12.6 Å². The second kappa shape index (κ2) is 3.84. The second-order valence-corrected chi connectivity index (χ2v) is 3.73. The van der Waals surface area contributed by atoms with Crippen LogP contribution in [0.15, 0.2) is 47.5 Å². The number of hydrogen-bond donors (Lipinski definition) is 1. The normalized spacial score (nSPS) is 10.1. The summed E-state index contributed by atoms with van der Waals surface area (Å²) in [6, 6.07) is 12.0. The first kappa shape index (κ1) is 9.28. The molecule has 0 unspecified atom stereocenters. The predicted octanol–water partition coefficient (Wildman–Crippen LogP) is 3.35. The number of benzene rings is 1. The molecule has 1 heterocycles. The average molecular weight is 201 g/mol. The molecule has 0 N–H and O–H groups in total. The van der Waals surface area contributed by atoms with Crippen molar-refractivity contribution in [3.8, 4) is 11.3 Å². The Bertz CT molecular complexity index is 437. The minimum absolute atomic E-state index is 0.969. The van der Waals surface area contributed by atoms with Crippen LogP contribution < -0.4 is 0 Å². The van der Waals surface area contributed by atoms with Crippen LogP contribution in [0.2, 0.25) is 0 Å². The van der Waals surface area contributed by atoms with Crippen molar-refractivity contribution in [3.05, 3.63) is 48.2 Å². The van der Waals surface area contributed by atoms with Crippen molar-refractivity contribution < 1.29 is 0 Å². The van der Waals surface area contributed by atoms with Crippen LogP contribution in [0.5, 0.6) is 0 Å². The number of aryl methyl sites for hydroxylation is 1. The van der Waals surface area contributed by atoms with E-state index in [2.05, 4.69) is 30.6 Å². The lowest BCUT2D eigenvalue weighted by Gasteiger charge is -2.05. The highest BCUT2D eigenvalue weighted by atomic mass is 32.1. The lowest BCUT2D eigenvalue weighted by atomic mass is 10.1. The van der Waals surface area contributed by atoms with Crippen molar-refractivity contribution in [1.29, 1.82) is 0 Å². The van der Waals surface area contributed by atoms with Crippen LogP contribution in [0.3, 0.4) is 0 Å². The minimum Gasteiger partial charge on any atom is -0.256 e. The first-order valence-electron chi connectivity index (χ1n) is 4.48. The van der Waals surface area contributed by atoms with E-state index in [1.54, 1.807) is 6.20 Å². The Kier molecular flexibility index (Phi) is 2.55. The minimum atomic E-state index is 0.969. The monoisotopic (exact) mass is 201 g/mol. The first-order valence-corrected chi connectivity index (χ1v) is 4.93. The number of rotatable bonds is 1. The predicted molar refractivity (Wildman–Crippen MR) is 61.7 cm³/mol. The molecular weight excluding hydrogens is 190 g/mol. The Morgan fingerprint density at radius 1 is 1.14 bits per heavy atom. The van der Waals surface area contributed by atoms with Crippen molar-refractivity contribution >= 4 is 12.6 Å². The maximum absolute atomic E-state index is 4.32. The average Bonchev–Trinajstić information content (AvgIpc) is 2.23. The third-order valence-corrected chi connectivity index (χ3v) is 2.44. The van der Waals surface area contributed by atoms with Gasteiger partial charge in [0.15, 0.2) is 0 Å². The first-order chi connectivity index (χ1) is 6.77. The second-order valence-electron chi connectivity index (χ2n) is 3.21. The molecule has 1 aromatic carbocycles. The molecule has 2 rings (SSSR count). The summed E-state index contributed by atoms with van der Waals surface area (Å²) >= 11 is 4.32. The van der Waals surface area contributed by atoms with Gasteiger partial charge in [-0.2, -0.15) is 0 Å². The fourth-order valence-electron chi connectivity index (χ4n) is 1.41. The quantitative estimate of drug-likeness (QED) is 0.698. The topological polar surface area (TPSA) is 12.9 Å². The highest BCUT2D eigenvalue weighted by Crippen LogP contribution is 2.23. The maximum atomic E-state index is 4.32. The molecule has 0 saturated carbocycles. The van der Waals surface area contributed by atoms with Gasteiger partial charge in [-0.3, -0.25) is 4.98 Å². The van der Waals surface area contributed by atoms with Gasteiger partial charge in [0.2, 0.25) is 0 Å². The van der Waals surface area contributed by atoms with Gasteiger partial charge in [0.1, 0.15) is 0 Å². The van der Waals surface area contributed by atoms with Crippen molar-refractivity contribution in [2.45, 2.75) is 11.8 Å². The molecular formula is C12H11NS. The van der Waals surface area contributed by atoms with E-state index in [1.165, 1.54) is 5.56 Å². The van der Waals surface area contributed by atoms with E-state index in [4.69, 9.17) is 0 Å². The summed E-state index contributed by atoms with van der Waals surface area (Å²) in [5.74, 6) is 0. The van der Waals surface area contributed by atoms with Gasteiger partial charge in [0, 0.05) is 16.7 Å². The molecule has 0 spiro atoms. The fraction of sp³-hybridized carbons (Fsp3) is 0.0833. The lowest BCUT2D eigenvalue weighted by molar-refractivity contribution is 1.29. The largest absolute Gasteiger partial charge is 0.256 e. The van der Waals surface area contributed by atoms with Gasteiger partial charge in [-0.05, 0) is 36.8 Å². The van der Waals surface area contributed by atoms with Crippen LogP contribution in [-0.4, -0.2) is 4.98 Å². The molecule has 0 radical (unpaired) electrons. The number of pyridine rings is 1. The number of nitrogens with zero attached hydrogens (tertiary/aromatic N) is 1. The number of aromatic nitrogens is 1. The lowest BCUT2D eigenvalue weighted by Crippen LogP contribution is -1.85. The van der Waals surface area contributed by atoms with Crippen LogP contribution in [0.1, 0.15) is 5.56 Å². The van der Waals surface area contributed by atoms with E-state index < -0.39 is 0 Å². The molecule has 0 amide bonds. The molecule has 0 aliphatic heterocycles. The molecule has 0 atom stereocenters. The van der Waals surface area contributed by atoms with E-state index in [9.17, 15) is 0 Å². The number of hydrogen-bond acceptors (Lipinski definition) is 2. The summed E-state index contributed by atoms with van der Waals surface area (Å²) in [6.45, 7) is 2.08. The zero-order valence-corrected chi connectivity index (χ0v) is 8.83. The standard InChI is InChI=1S/C12H11NS/c1-9-5-6-10(14)8-11(9)12-4-2-3-7-13-12/h2-8,14H,1H3. The Balaban J connectivity index is 2.57. The van der Waals surface area contributed by atoms with Crippen molar-refractivity contribution in [2.75, 3.05) is 0 Å². The SMILES string of the molecule is Cc1ccc(S)cc1-c1ccccn1. The molecule has 2 aromatic rings. The molecule has 0 aliphatic rings. The number of thiol groups is 1. The smallest absolute Gasteiger partial charge is 0.0705 e. The van der Waals surface area contributed by atoms with Gasteiger partial charge in [0.05, 0.1) is 5.69 Å². The van der Waals surface area contributed by atoms with Crippen molar-refractivity contribution in [3.63, 3.8) is 0 Å². The van der Waals surface area contributed by atoms with Crippen LogP contribution >= 0.6 is 12.6 Å². The van der Waals surface area contributed by atoms with Crippen molar-refractivity contribution in [1.82, 2.24) is 4.98 Å². The molecule has 0 aliphatic carbocycles. The fourth-order valence-corrected chi connectivity index (χ4v) is 1.61. The molecule has 2 heteroatoms. The third-order valence-electron chi connectivity index (χ3n) is 2.16. The van der Waals surface area contributed by atoms with Gasteiger partial charge < -0.3 is 0 Å². The van der Waals surface area contributed by atoms with Crippen LogP contribution in [0, 0.1) is 6.92 Å². The maximum Gasteiger partial charge on any atom is 0.0705 e. The summed E-state index contributed by atoms with van der Waals surface area (Å²) in [4.78, 5) is 5.29. The molecule has 1 aromatic heterocycles. The highest BCUT2D eigenvalue weighted by molar-refractivity contribution is 7.80. The van der Waals surface area contributed by atoms with E-state index >= 15 is 0 Å². The van der Waals surface area contributed by atoms with Crippen LogP contribution in [0.25, 0.3) is 11.3 Å². The van der Waals surface area contributed by atoms with E-state index in [0.29, 0.717) is 0 Å². The van der Waals surface area contributed by atoms with Gasteiger partial charge in [-0.1, -0.05) is 12.1 Å². The Morgan fingerprint density at radius 3 is 2.71 bits per heavy atom. The molecule has 0 saturated heterocycles. The van der Waals surface area contributed by atoms with Gasteiger partial charge in [0.25, 0.3) is 0 Å². The van der Waals surface area contributed by atoms with E-state index in [0.717, 1.165) is 16.2 Å². The summed E-state index contributed by atoms with van der Waals surface area (Å²) in [6.07, 6.45) is 1.81. The molecule has 70 valence electrons. The summed E-state index contributed by atoms with van der Waals surface area (Å²) in [5, 5.41) is 0. The Labute approximate surface area is 89.2 Å². The zero-order valence-electron chi connectivity index (χ0n) is 7.94. The summed E-state index contributed by atoms with van der Waals surface area (Å²) in [5.41, 5.74) is 3.38. The molecule has 0 fully saturated rings. The van der Waals surface area contributed by atoms with E-state index in [-0.39, 0.29) is 0 Å². The summed E-state index contributed by atoms with van der Waals surface area (Å²) in [7, 11) is 0. The molecule has 0 bridgehead atoms. The van der Waals surface area contributed by atoms with E-state index in [1.807, 2.05) is 30.3 Å². The molecule has 1 nitrogen and oxygen atoms in total. The Hall–Kier alpha value is -1.28. The van der Waals surface area contributed by atoms with Crippen molar-refractivity contribution in [2.24, 2.45) is 0 Å². The van der Waals surface area contributed by atoms with Gasteiger partial charge >= 0.3 is 0 Å². The van der Waals surface area contributed by atoms with Gasteiger partial charge in [-0.25, -0.2) is 0 Å². The zero-order chi connectivity index (χ0) is 9.97. The van der Waals surface area contributed by atoms with Crippen LogP contribution in [0.4, 0.5) is 0 Å². The van der Waals surface area contributed by atoms with Crippen LogP contribution in [-0.2, 0) is 0 Å². The Morgan fingerprint density at radius 2 is 2.00 bits per heavy atom. The highest BCUT2D eigenvalue weighted by Gasteiger charge is 2.02. The summed E-state index contributed by atoms with van der Waals surface area (Å²) < 4.78 is 0. The molecule has 14 heavy (non-hydrogen) atoms.